The number of hydrogen-bond donors (Lipinski definition) is 2. The molecule has 0 radical (unpaired) electrons. The lowest BCUT2D eigenvalue weighted by Gasteiger charge is -2.45. The third-order valence-corrected chi connectivity index (χ3v) is 4.88. The molecule has 1 aliphatic rings. The van der Waals surface area contributed by atoms with Crippen molar-refractivity contribution in [2.24, 2.45) is 5.84 Å². The first-order valence-corrected chi connectivity index (χ1v) is 8.32. The van der Waals surface area contributed by atoms with Crippen molar-refractivity contribution in [1.29, 1.82) is 0 Å². The van der Waals surface area contributed by atoms with Crippen LogP contribution < -0.4 is 11.3 Å². The van der Waals surface area contributed by atoms with Gasteiger partial charge in [-0.3, -0.25) is 15.4 Å². The molecule has 1 atom stereocenters. The van der Waals surface area contributed by atoms with Crippen molar-refractivity contribution in [3.63, 3.8) is 0 Å². The largest absolute Gasteiger partial charge is 0.296 e. The summed E-state index contributed by atoms with van der Waals surface area (Å²) in [6, 6.07) is -0.0443. The molecule has 2 rings (SSSR count). The Morgan fingerprint density at radius 2 is 2.05 bits per heavy atom. The lowest BCUT2D eigenvalue weighted by atomic mass is 9.88. The van der Waals surface area contributed by atoms with E-state index in [1.54, 1.807) is 6.20 Å². The zero-order valence-electron chi connectivity index (χ0n) is 13.4. The summed E-state index contributed by atoms with van der Waals surface area (Å²) in [5.41, 5.74) is 3.88. The van der Waals surface area contributed by atoms with Crippen molar-refractivity contribution in [3.05, 3.63) is 16.9 Å². The van der Waals surface area contributed by atoms with Crippen molar-refractivity contribution in [3.8, 4) is 0 Å². The number of hydrogen-bond acceptors (Lipinski definition) is 4. The zero-order valence-corrected chi connectivity index (χ0v) is 14.2. The van der Waals surface area contributed by atoms with E-state index in [4.69, 9.17) is 17.4 Å². The van der Waals surface area contributed by atoms with Crippen LogP contribution >= 0.6 is 11.6 Å². The molecule has 3 N–H and O–H groups in total. The Hall–Kier alpha value is -0.620. The van der Waals surface area contributed by atoms with Gasteiger partial charge in [-0.15, -0.1) is 0 Å². The molecule has 5 nitrogen and oxygen atoms in total. The van der Waals surface area contributed by atoms with Crippen molar-refractivity contribution in [2.45, 2.75) is 64.6 Å². The Labute approximate surface area is 132 Å². The minimum absolute atomic E-state index is 0.0443. The first-order valence-electron chi connectivity index (χ1n) is 7.94. The fourth-order valence-corrected chi connectivity index (χ4v) is 3.57. The molecule has 1 fully saturated rings. The summed E-state index contributed by atoms with van der Waals surface area (Å²) in [5, 5.41) is 5.09. The molecule has 1 aliphatic heterocycles. The standard InChI is InChI=1S/C15H28ClN5/c1-4-8-21-13(12(16)11-18-21)14(19-17)15(2,3)20-9-6-5-7-10-20/h11,14,19H,4-10,17H2,1-3H3. The number of nitrogens with one attached hydrogen (secondary N) is 1. The monoisotopic (exact) mass is 313 g/mol. The fraction of sp³-hybridized carbons (Fsp3) is 0.800. The molecule has 0 saturated carbocycles. The molecule has 120 valence electrons. The van der Waals surface area contributed by atoms with E-state index in [-0.39, 0.29) is 11.6 Å². The topological polar surface area (TPSA) is 59.1 Å². The summed E-state index contributed by atoms with van der Waals surface area (Å²) < 4.78 is 1.98. The van der Waals surface area contributed by atoms with Crippen molar-refractivity contribution >= 4 is 11.6 Å². The van der Waals surface area contributed by atoms with Gasteiger partial charge in [0.25, 0.3) is 0 Å². The van der Waals surface area contributed by atoms with Gasteiger partial charge in [-0.05, 0) is 46.2 Å². The molecule has 2 heterocycles. The van der Waals surface area contributed by atoms with E-state index in [0.717, 1.165) is 31.7 Å². The molecule has 21 heavy (non-hydrogen) atoms. The summed E-state index contributed by atoms with van der Waals surface area (Å²) in [4.78, 5) is 2.51. The number of rotatable bonds is 6. The Morgan fingerprint density at radius 3 is 2.62 bits per heavy atom. The van der Waals surface area contributed by atoms with Crippen molar-refractivity contribution in [1.82, 2.24) is 20.1 Å². The molecule has 1 unspecified atom stereocenters. The van der Waals surface area contributed by atoms with Crippen molar-refractivity contribution in [2.75, 3.05) is 13.1 Å². The van der Waals surface area contributed by atoms with Crippen LogP contribution in [0.5, 0.6) is 0 Å². The first kappa shape index (κ1) is 16.7. The number of hydrazine groups is 1. The zero-order chi connectivity index (χ0) is 15.5. The SMILES string of the molecule is CCCn1ncc(Cl)c1C(NN)C(C)(C)N1CCCCC1. The van der Waals surface area contributed by atoms with Gasteiger partial charge in [0, 0.05) is 12.1 Å². The highest BCUT2D eigenvalue weighted by molar-refractivity contribution is 6.31. The molecule has 0 aromatic carbocycles. The second-order valence-electron chi connectivity index (χ2n) is 6.40. The van der Waals surface area contributed by atoms with E-state index in [1.807, 2.05) is 4.68 Å². The average molecular weight is 314 g/mol. The van der Waals surface area contributed by atoms with Crippen LogP contribution in [0.1, 0.15) is 58.2 Å². The van der Waals surface area contributed by atoms with Crippen LogP contribution in [-0.4, -0.2) is 33.3 Å². The van der Waals surface area contributed by atoms with E-state index < -0.39 is 0 Å². The van der Waals surface area contributed by atoms with E-state index >= 15 is 0 Å². The highest BCUT2D eigenvalue weighted by atomic mass is 35.5. The van der Waals surface area contributed by atoms with Gasteiger partial charge < -0.3 is 0 Å². The number of likely N-dealkylation sites (tertiary alicyclic amines) is 1. The van der Waals surface area contributed by atoms with E-state index in [2.05, 4.69) is 36.2 Å². The summed E-state index contributed by atoms with van der Waals surface area (Å²) in [5.74, 6) is 5.91. The first-order chi connectivity index (χ1) is 10.0. The van der Waals surface area contributed by atoms with Crippen LogP contribution in [0.4, 0.5) is 0 Å². The molecular weight excluding hydrogens is 286 g/mol. The number of halogens is 1. The van der Waals surface area contributed by atoms with Gasteiger partial charge in [0.15, 0.2) is 0 Å². The summed E-state index contributed by atoms with van der Waals surface area (Å²) in [6.07, 6.45) is 6.57. The average Bonchev–Trinajstić information content (AvgIpc) is 2.83. The van der Waals surface area contributed by atoms with Gasteiger partial charge in [0.05, 0.1) is 23.0 Å². The van der Waals surface area contributed by atoms with Crippen LogP contribution in [0, 0.1) is 0 Å². The molecule has 0 bridgehead atoms. The van der Waals surface area contributed by atoms with E-state index in [1.165, 1.54) is 19.3 Å². The second kappa shape index (κ2) is 7.09. The third-order valence-electron chi connectivity index (χ3n) is 4.59. The Morgan fingerprint density at radius 1 is 1.38 bits per heavy atom. The maximum Gasteiger partial charge on any atom is 0.0835 e. The summed E-state index contributed by atoms with van der Waals surface area (Å²) in [7, 11) is 0. The van der Waals surface area contributed by atoms with Crippen LogP contribution in [0.2, 0.25) is 5.02 Å². The minimum atomic E-state index is -0.107. The molecule has 1 saturated heterocycles. The third kappa shape index (κ3) is 3.42. The Balaban J connectivity index is 2.31. The fourth-order valence-electron chi connectivity index (χ4n) is 3.32. The van der Waals surface area contributed by atoms with Gasteiger partial charge in [-0.1, -0.05) is 24.9 Å². The number of aromatic nitrogens is 2. The second-order valence-corrected chi connectivity index (χ2v) is 6.81. The number of nitrogens with zero attached hydrogens (tertiary/aromatic N) is 3. The van der Waals surface area contributed by atoms with Crippen LogP contribution in [-0.2, 0) is 6.54 Å². The smallest absolute Gasteiger partial charge is 0.0835 e. The summed E-state index contributed by atoms with van der Waals surface area (Å²) >= 11 is 6.40. The molecule has 0 spiro atoms. The normalized spacial score (nSPS) is 18.9. The Kier molecular flexibility index (Phi) is 5.66. The highest BCUT2D eigenvalue weighted by Crippen LogP contribution is 2.35. The molecule has 0 aliphatic carbocycles. The number of piperidine rings is 1. The van der Waals surface area contributed by atoms with Gasteiger partial charge in [0.1, 0.15) is 0 Å². The number of nitrogens with two attached hydrogens (primary N) is 1. The Bertz CT molecular complexity index is 451. The van der Waals surface area contributed by atoms with Gasteiger partial charge in [-0.2, -0.15) is 5.10 Å². The van der Waals surface area contributed by atoms with Crippen LogP contribution in [0.3, 0.4) is 0 Å². The lowest BCUT2D eigenvalue weighted by Crippen LogP contribution is -2.56. The lowest BCUT2D eigenvalue weighted by molar-refractivity contribution is 0.0579. The van der Waals surface area contributed by atoms with Gasteiger partial charge >= 0.3 is 0 Å². The maximum absolute atomic E-state index is 6.40. The quantitative estimate of drug-likeness (QED) is 0.626. The molecule has 0 amide bonds. The maximum atomic E-state index is 6.40. The summed E-state index contributed by atoms with van der Waals surface area (Å²) in [6.45, 7) is 9.71. The predicted octanol–water partition coefficient (Wildman–Crippen LogP) is 2.72. The predicted molar refractivity (Wildman–Crippen MR) is 87.1 cm³/mol. The van der Waals surface area contributed by atoms with E-state index in [0.29, 0.717) is 5.02 Å². The van der Waals surface area contributed by atoms with Crippen molar-refractivity contribution < 1.29 is 0 Å². The number of aryl methyl sites for hydroxylation is 1. The van der Waals surface area contributed by atoms with Gasteiger partial charge in [-0.25, -0.2) is 5.43 Å². The van der Waals surface area contributed by atoms with E-state index in [9.17, 15) is 0 Å². The van der Waals surface area contributed by atoms with Crippen LogP contribution in [0.25, 0.3) is 0 Å². The molecule has 1 aromatic heterocycles. The molecule has 6 heteroatoms. The molecule has 1 aromatic rings. The molecular formula is C15H28ClN5. The minimum Gasteiger partial charge on any atom is -0.296 e. The van der Waals surface area contributed by atoms with Gasteiger partial charge in [0.2, 0.25) is 0 Å². The highest BCUT2D eigenvalue weighted by Gasteiger charge is 2.39. The van der Waals surface area contributed by atoms with Crippen LogP contribution in [0.15, 0.2) is 6.20 Å².